The molecule has 0 radical (unpaired) electrons. The number of ether oxygens (including phenoxy) is 1. The van der Waals surface area contributed by atoms with Crippen molar-refractivity contribution in [3.63, 3.8) is 0 Å². The van der Waals surface area contributed by atoms with E-state index in [-0.39, 0.29) is 24.0 Å². The van der Waals surface area contributed by atoms with E-state index in [2.05, 4.69) is 36.4 Å². The first-order valence-electron chi connectivity index (χ1n) is 7.88. The Hall–Kier alpha value is -0.980. The van der Waals surface area contributed by atoms with Gasteiger partial charge in [-0.1, -0.05) is 38.8 Å². The quantitative estimate of drug-likeness (QED) is 0.383. The van der Waals surface area contributed by atoms with Gasteiger partial charge >= 0.3 is 0 Å². The molecule has 0 aliphatic rings. The van der Waals surface area contributed by atoms with Gasteiger partial charge in [0.2, 0.25) is 0 Å². The Morgan fingerprint density at radius 3 is 2.23 bits per heavy atom. The minimum Gasteiger partial charge on any atom is -0.497 e. The van der Waals surface area contributed by atoms with Crippen LogP contribution in [0, 0.1) is 5.92 Å². The molecule has 0 heterocycles. The van der Waals surface area contributed by atoms with E-state index < -0.39 is 0 Å². The van der Waals surface area contributed by atoms with Crippen LogP contribution in [0.3, 0.4) is 0 Å². The van der Waals surface area contributed by atoms with Gasteiger partial charge in [-0.25, -0.2) is 4.99 Å². The zero-order valence-corrected chi connectivity index (χ0v) is 16.5. The van der Waals surface area contributed by atoms with Gasteiger partial charge in [-0.2, -0.15) is 0 Å². The molecule has 2 N–H and O–H groups in total. The molecule has 126 valence electrons. The number of benzene rings is 1. The summed E-state index contributed by atoms with van der Waals surface area (Å²) in [4.78, 5) is 4.63. The van der Waals surface area contributed by atoms with Gasteiger partial charge in [0.1, 0.15) is 5.75 Å². The number of nitrogens with zero attached hydrogens (tertiary/aromatic N) is 1. The van der Waals surface area contributed by atoms with Crippen LogP contribution < -0.4 is 15.4 Å². The van der Waals surface area contributed by atoms with Crippen molar-refractivity contribution in [2.24, 2.45) is 10.9 Å². The number of rotatable bonds is 8. The summed E-state index contributed by atoms with van der Waals surface area (Å²) >= 11 is 0. The molecular formula is C17H30IN3O. The number of hydrogen-bond donors (Lipinski definition) is 2. The van der Waals surface area contributed by atoms with Crippen molar-refractivity contribution in [2.75, 3.05) is 20.2 Å². The van der Waals surface area contributed by atoms with Gasteiger partial charge in [0.25, 0.3) is 0 Å². The van der Waals surface area contributed by atoms with Crippen molar-refractivity contribution in [1.82, 2.24) is 10.6 Å². The molecule has 22 heavy (non-hydrogen) atoms. The fraction of sp³-hybridized carbons (Fsp3) is 0.588. The topological polar surface area (TPSA) is 45.7 Å². The summed E-state index contributed by atoms with van der Waals surface area (Å²) in [6.07, 6.45) is 2.39. The smallest absolute Gasteiger partial charge is 0.191 e. The molecule has 0 aliphatic carbocycles. The van der Waals surface area contributed by atoms with Gasteiger partial charge in [-0.15, -0.1) is 24.0 Å². The minimum atomic E-state index is 0. The van der Waals surface area contributed by atoms with E-state index in [0.29, 0.717) is 12.5 Å². The van der Waals surface area contributed by atoms with Crippen molar-refractivity contribution in [2.45, 2.75) is 40.2 Å². The third-order valence-electron chi connectivity index (χ3n) is 3.64. The highest BCUT2D eigenvalue weighted by atomic mass is 127. The third kappa shape index (κ3) is 7.87. The molecule has 0 saturated carbocycles. The normalized spacial score (nSPS) is 11.0. The molecular weight excluding hydrogens is 389 g/mol. The number of hydrogen-bond acceptors (Lipinski definition) is 2. The first-order chi connectivity index (χ1) is 10.2. The van der Waals surface area contributed by atoms with Crippen LogP contribution in [0.15, 0.2) is 29.3 Å². The van der Waals surface area contributed by atoms with Gasteiger partial charge < -0.3 is 15.4 Å². The van der Waals surface area contributed by atoms with E-state index in [9.17, 15) is 0 Å². The van der Waals surface area contributed by atoms with Gasteiger partial charge in [-0.05, 0) is 30.5 Å². The van der Waals surface area contributed by atoms with E-state index in [1.807, 2.05) is 24.3 Å². The lowest BCUT2D eigenvalue weighted by molar-refractivity contribution is 0.414. The van der Waals surface area contributed by atoms with Crippen LogP contribution in [0.25, 0.3) is 0 Å². The summed E-state index contributed by atoms with van der Waals surface area (Å²) in [5.41, 5.74) is 1.18. The summed E-state index contributed by atoms with van der Waals surface area (Å²) in [5, 5.41) is 6.72. The van der Waals surface area contributed by atoms with Crippen LogP contribution in [0.4, 0.5) is 0 Å². The predicted molar refractivity (Wildman–Crippen MR) is 105 cm³/mol. The van der Waals surface area contributed by atoms with E-state index in [1.165, 1.54) is 18.4 Å². The highest BCUT2D eigenvalue weighted by molar-refractivity contribution is 14.0. The SMILES string of the molecule is CCNC(=NCc1ccc(OC)cc1)NCC(CC)CC.I. The molecule has 0 bridgehead atoms. The van der Waals surface area contributed by atoms with E-state index in [4.69, 9.17) is 4.74 Å². The molecule has 0 unspecified atom stereocenters. The molecule has 0 fully saturated rings. The molecule has 4 nitrogen and oxygen atoms in total. The first-order valence-corrected chi connectivity index (χ1v) is 7.88. The van der Waals surface area contributed by atoms with Crippen LogP contribution in [-0.2, 0) is 6.54 Å². The van der Waals surface area contributed by atoms with Crippen LogP contribution in [0.1, 0.15) is 39.2 Å². The number of methoxy groups -OCH3 is 1. The Morgan fingerprint density at radius 2 is 1.73 bits per heavy atom. The Morgan fingerprint density at radius 1 is 1.09 bits per heavy atom. The van der Waals surface area contributed by atoms with Gasteiger partial charge in [0.05, 0.1) is 13.7 Å². The Labute approximate surface area is 152 Å². The summed E-state index contributed by atoms with van der Waals surface area (Å²) in [6, 6.07) is 8.03. The summed E-state index contributed by atoms with van der Waals surface area (Å²) in [5.74, 6) is 2.47. The Balaban J connectivity index is 0.00000441. The fourth-order valence-corrected chi connectivity index (χ4v) is 2.06. The maximum Gasteiger partial charge on any atom is 0.191 e. The summed E-state index contributed by atoms with van der Waals surface area (Å²) in [6.45, 7) is 9.07. The number of guanidine groups is 1. The lowest BCUT2D eigenvalue weighted by Crippen LogP contribution is -2.39. The second kappa shape index (κ2) is 12.6. The standard InChI is InChI=1S/C17H29N3O.HI/c1-5-14(6-2)12-19-17(18-7-3)20-13-15-8-10-16(21-4)11-9-15;/h8-11,14H,5-7,12-13H2,1-4H3,(H2,18,19,20);1H. The van der Waals surface area contributed by atoms with Crippen molar-refractivity contribution in [1.29, 1.82) is 0 Å². The first kappa shape index (κ1) is 21.0. The number of nitrogens with one attached hydrogen (secondary N) is 2. The van der Waals surface area contributed by atoms with E-state index in [0.717, 1.165) is 24.8 Å². The monoisotopic (exact) mass is 419 g/mol. The maximum atomic E-state index is 5.16. The van der Waals surface area contributed by atoms with Gasteiger partial charge in [-0.3, -0.25) is 0 Å². The Kier molecular flexibility index (Phi) is 12.0. The van der Waals surface area contributed by atoms with E-state index >= 15 is 0 Å². The van der Waals surface area contributed by atoms with Crippen molar-refractivity contribution < 1.29 is 4.74 Å². The second-order valence-electron chi connectivity index (χ2n) is 5.11. The molecule has 0 aromatic heterocycles. The Bertz CT molecular complexity index is 416. The molecule has 0 atom stereocenters. The highest BCUT2D eigenvalue weighted by Gasteiger charge is 2.04. The number of halogens is 1. The number of aliphatic imine (C=N–C) groups is 1. The van der Waals surface area contributed by atoms with Crippen molar-refractivity contribution in [3.8, 4) is 5.75 Å². The zero-order valence-electron chi connectivity index (χ0n) is 14.2. The third-order valence-corrected chi connectivity index (χ3v) is 3.64. The molecule has 1 aromatic carbocycles. The summed E-state index contributed by atoms with van der Waals surface area (Å²) in [7, 11) is 1.68. The zero-order chi connectivity index (χ0) is 15.5. The average molecular weight is 419 g/mol. The van der Waals surface area contributed by atoms with E-state index in [1.54, 1.807) is 7.11 Å². The lowest BCUT2D eigenvalue weighted by atomic mass is 10.0. The molecule has 0 saturated heterocycles. The van der Waals surface area contributed by atoms with Crippen molar-refractivity contribution >= 4 is 29.9 Å². The average Bonchev–Trinajstić information content (AvgIpc) is 2.53. The summed E-state index contributed by atoms with van der Waals surface area (Å²) < 4.78 is 5.16. The molecule has 5 heteroatoms. The molecule has 0 spiro atoms. The van der Waals surface area contributed by atoms with Crippen molar-refractivity contribution in [3.05, 3.63) is 29.8 Å². The van der Waals surface area contributed by atoms with Crippen LogP contribution in [0.5, 0.6) is 5.75 Å². The van der Waals surface area contributed by atoms with Crippen LogP contribution >= 0.6 is 24.0 Å². The second-order valence-corrected chi connectivity index (χ2v) is 5.11. The molecule has 0 amide bonds. The highest BCUT2D eigenvalue weighted by Crippen LogP contribution is 2.11. The lowest BCUT2D eigenvalue weighted by Gasteiger charge is -2.16. The maximum absolute atomic E-state index is 5.16. The fourth-order valence-electron chi connectivity index (χ4n) is 2.06. The predicted octanol–water partition coefficient (Wildman–Crippen LogP) is 3.80. The molecule has 1 rings (SSSR count). The largest absolute Gasteiger partial charge is 0.497 e. The molecule has 1 aromatic rings. The minimum absolute atomic E-state index is 0. The van der Waals surface area contributed by atoms with Gasteiger partial charge in [0, 0.05) is 13.1 Å². The molecule has 0 aliphatic heterocycles. The van der Waals surface area contributed by atoms with Gasteiger partial charge in [0.15, 0.2) is 5.96 Å². The van der Waals surface area contributed by atoms with Crippen LogP contribution in [0.2, 0.25) is 0 Å². The van der Waals surface area contributed by atoms with Crippen LogP contribution in [-0.4, -0.2) is 26.2 Å².